The fourth-order valence-electron chi connectivity index (χ4n) is 2.28. The smallest absolute Gasteiger partial charge is 0.135 e. The quantitative estimate of drug-likeness (QED) is 0.615. The van der Waals surface area contributed by atoms with Gasteiger partial charge in [-0.25, -0.2) is 0 Å². The van der Waals surface area contributed by atoms with Gasteiger partial charge in [0.2, 0.25) is 0 Å². The Morgan fingerprint density at radius 2 is 2.10 bits per heavy atom. The minimum Gasteiger partial charge on any atom is -0.497 e. The summed E-state index contributed by atoms with van der Waals surface area (Å²) in [5, 5.41) is 0. The fraction of sp³-hybridized carbons (Fsp3) is 0.500. The van der Waals surface area contributed by atoms with E-state index >= 15 is 0 Å². The van der Waals surface area contributed by atoms with Crippen molar-refractivity contribution in [1.82, 2.24) is 4.90 Å². The molecule has 0 aromatic heterocycles. The molecule has 0 amide bonds. The first kappa shape index (κ1) is 15.0. The second kappa shape index (κ2) is 8.04. The van der Waals surface area contributed by atoms with Crippen molar-refractivity contribution in [3.05, 3.63) is 23.8 Å². The van der Waals surface area contributed by atoms with Crippen LogP contribution in [0.25, 0.3) is 0 Å². The van der Waals surface area contributed by atoms with Crippen molar-refractivity contribution in [2.24, 2.45) is 0 Å². The van der Waals surface area contributed by atoms with Gasteiger partial charge in [0.25, 0.3) is 0 Å². The lowest BCUT2D eigenvalue weighted by atomic mass is 10.2. The van der Waals surface area contributed by atoms with Crippen LogP contribution >= 0.6 is 11.6 Å². The van der Waals surface area contributed by atoms with Gasteiger partial charge in [-0.1, -0.05) is 11.8 Å². The van der Waals surface area contributed by atoms with Gasteiger partial charge in [-0.3, -0.25) is 4.90 Å². The minimum atomic E-state index is 0.310. The van der Waals surface area contributed by atoms with Crippen molar-refractivity contribution in [3.63, 3.8) is 0 Å². The van der Waals surface area contributed by atoms with Gasteiger partial charge in [-0.05, 0) is 44.1 Å². The molecule has 1 fully saturated rings. The van der Waals surface area contributed by atoms with Gasteiger partial charge in [0, 0.05) is 6.54 Å². The lowest BCUT2D eigenvalue weighted by molar-refractivity contribution is 0.237. The highest BCUT2D eigenvalue weighted by Gasteiger charge is 2.11. The van der Waals surface area contributed by atoms with E-state index in [4.69, 9.17) is 21.1 Å². The molecule has 1 aromatic carbocycles. The molecule has 1 saturated heterocycles. The van der Waals surface area contributed by atoms with Crippen LogP contribution in [0.15, 0.2) is 18.2 Å². The first-order chi connectivity index (χ1) is 9.83. The zero-order chi connectivity index (χ0) is 14.2. The normalized spacial score (nSPS) is 14.7. The van der Waals surface area contributed by atoms with Gasteiger partial charge >= 0.3 is 0 Å². The molecule has 20 heavy (non-hydrogen) atoms. The third kappa shape index (κ3) is 4.33. The van der Waals surface area contributed by atoms with E-state index in [2.05, 4.69) is 16.7 Å². The number of benzene rings is 1. The van der Waals surface area contributed by atoms with E-state index in [0.717, 1.165) is 23.6 Å². The molecule has 0 unspecified atom stereocenters. The predicted octanol–water partition coefficient (Wildman–Crippen LogP) is 2.76. The average molecular weight is 294 g/mol. The number of likely N-dealkylation sites (tertiary alicyclic amines) is 1. The number of rotatable bonds is 5. The van der Waals surface area contributed by atoms with Crippen LogP contribution in [-0.2, 0) is 0 Å². The highest BCUT2D eigenvalue weighted by atomic mass is 35.5. The van der Waals surface area contributed by atoms with Crippen LogP contribution in [0, 0.1) is 11.8 Å². The van der Waals surface area contributed by atoms with Crippen molar-refractivity contribution >= 4 is 11.6 Å². The molecule has 1 aromatic rings. The van der Waals surface area contributed by atoms with E-state index in [1.165, 1.54) is 25.9 Å². The SMILES string of the molecule is COc1ccc(OCCN2CCCC2)c(C#CCCl)c1. The van der Waals surface area contributed by atoms with Crippen molar-refractivity contribution in [1.29, 1.82) is 0 Å². The van der Waals surface area contributed by atoms with Crippen LogP contribution in [-0.4, -0.2) is 44.1 Å². The Kier molecular flexibility index (Phi) is 6.04. The summed E-state index contributed by atoms with van der Waals surface area (Å²) in [5.74, 6) is 7.75. The maximum absolute atomic E-state index is 5.85. The van der Waals surface area contributed by atoms with Crippen LogP contribution < -0.4 is 9.47 Å². The Balaban J connectivity index is 1.97. The lowest BCUT2D eigenvalue weighted by Gasteiger charge is -2.15. The van der Waals surface area contributed by atoms with Crippen molar-refractivity contribution < 1.29 is 9.47 Å². The number of alkyl halides is 1. The zero-order valence-electron chi connectivity index (χ0n) is 11.8. The molecule has 0 atom stereocenters. The van der Waals surface area contributed by atoms with Gasteiger partial charge in [0.05, 0.1) is 18.6 Å². The summed E-state index contributed by atoms with van der Waals surface area (Å²) < 4.78 is 11.1. The zero-order valence-corrected chi connectivity index (χ0v) is 12.6. The molecular formula is C16H20ClNO2. The summed E-state index contributed by atoms with van der Waals surface area (Å²) in [4.78, 5) is 2.42. The molecule has 4 heteroatoms. The number of methoxy groups -OCH3 is 1. The summed E-state index contributed by atoms with van der Waals surface area (Å²) in [5.41, 5.74) is 0.825. The second-order valence-corrected chi connectivity index (χ2v) is 4.96. The number of nitrogens with zero attached hydrogens (tertiary/aromatic N) is 1. The summed E-state index contributed by atoms with van der Waals surface area (Å²) >= 11 is 5.62. The molecule has 0 N–H and O–H groups in total. The summed E-state index contributed by atoms with van der Waals surface area (Å²) in [7, 11) is 1.64. The number of hydrogen-bond donors (Lipinski definition) is 0. The van der Waals surface area contributed by atoms with Gasteiger partial charge in [-0.15, -0.1) is 11.6 Å². The number of hydrogen-bond acceptors (Lipinski definition) is 3. The molecule has 108 valence electrons. The van der Waals surface area contributed by atoms with E-state index in [0.29, 0.717) is 12.5 Å². The second-order valence-electron chi connectivity index (χ2n) is 4.69. The molecule has 1 aliphatic heterocycles. The number of ether oxygens (including phenoxy) is 2. The molecule has 0 saturated carbocycles. The van der Waals surface area contributed by atoms with Crippen LogP contribution in [0.4, 0.5) is 0 Å². The van der Waals surface area contributed by atoms with Crippen LogP contribution in [0.3, 0.4) is 0 Å². The van der Waals surface area contributed by atoms with Gasteiger partial charge in [0.1, 0.15) is 18.1 Å². The Hall–Kier alpha value is -1.37. The summed E-state index contributed by atoms with van der Waals surface area (Å²) in [6.45, 7) is 4.02. The highest BCUT2D eigenvalue weighted by Crippen LogP contribution is 2.23. The number of halogens is 1. The minimum absolute atomic E-state index is 0.310. The van der Waals surface area contributed by atoms with Gasteiger partial charge in [0.15, 0.2) is 0 Å². The summed E-state index contributed by atoms with van der Waals surface area (Å²) in [6.07, 6.45) is 2.60. The van der Waals surface area contributed by atoms with Gasteiger partial charge in [-0.2, -0.15) is 0 Å². The van der Waals surface area contributed by atoms with Crippen molar-refractivity contribution in [3.8, 4) is 23.3 Å². The first-order valence-electron chi connectivity index (χ1n) is 6.91. The molecular weight excluding hydrogens is 274 g/mol. The molecule has 0 aliphatic carbocycles. The fourth-order valence-corrected chi connectivity index (χ4v) is 2.35. The molecule has 3 nitrogen and oxygen atoms in total. The third-order valence-corrected chi connectivity index (χ3v) is 3.47. The summed E-state index contributed by atoms with van der Waals surface area (Å²) in [6, 6.07) is 5.67. The van der Waals surface area contributed by atoms with Crippen LogP contribution in [0.5, 0.6) is 11.5 Å². The molecule has 0 bridgehead atoms. The standard InChI is InChI=1S/C16H20ClNO2/c1-19-15-6-7-16(14(13-15)5-4-8-17)20-12-11-18-9-2-3-10-18/h6-7,13H,2-3,8-12H2,1H3. The van der Waals surface area contributed by atoms with Crippen molar-refractivity contribution in [2.75, 3.05) is 39.2 Å². The largest absolute Gasteiger partial charge is 0.497 e. The Labute approximate surface area is 125 Å². The van der Waals surface area contributed by atoms with Crippen molar-refractivity contribution in [2.45, 2.75) is 12.8 Å². The monoisotopic (exact) mass is 293 g/mol. The molecule has 1 heterocycles. The van der Waals surface area contributed by atoms with E-state index in [-0.39, 0.29) is 0 Å². The van der Waals surface area contributed by atoms with E-state index in [1.54, 1.807) is 7.11 Å². The Morgan fingerprint density at radius 3 is 2.80 bits per heavy atom. The van der Waals surface area contributed by atoms with E-state index in [1.807, 2.05) is 18.2 Å². The lowest BCUT2D eigenvalue weighted by Crippen LogP contribution is -2.25. The average Bonchev–Trinajstić information content (AvgIpc) is 2.99. The maximum atomic E-state index is 5.85. The molecule has 0 radical (unpaired) electrons. The van der Waals surface area contributed by atoms with Gasteiger partial charge < -0.3 is 9.47 Å². The predicted molar refractivity (Wildman–Crippen MR) is 81.8 cm³/mol. The van der Waals surface area contributed by atoms with E-state index in [9.17, 15) is 0 Å². The van der Waals surface area contributed by atoms with Crippen LogP contribution in [0.1, 0.15) is 18.4 Å². The maximum Gasteiger partial charge on any atom is 0.135 e. The third-order valence-electron chi connectivity index (χ3n) is 3.34. The molecule has 0 spiro atoms. The van der Waals surface area contributed by atoms with E-state index < -0.39 is 0 Å². The van der Waals surface area contributed by atoms with Crippen LogP contribution in [0.2, 0.25) is 0 Å². The highest BCUT2D eigenvalue weighted by molar-refractivity contribution is 6.19. The molecule has 2 rings (SSSR count). The first-order valence-corrected chi connectivity index (χ1v) is 7.45. The Morgan fingerprint density at radius 1 is 1.30 bits per heavy atom. The Bertz CT molecular complexity index is 487. The molecule has 1 aliphatic rings. The topological polar surface area (TPSA) is 21.7 Å².